The van der Waals surface area contributed by atoms with Gasteiger partial charge in [0.2, 0.25) is 5.91 Å². The lowest BCUT2D eigenvalue weighted by Crippen LogP contribution is -2.40. The summed E-state index contributed by atoms with van der Waals surface area (Å²) in [6, 6.07) is 1.87. The molecule has 1 amide bonds. The second kappa shape index (κ2) is 7.82. The van der Waals surface area contributed by atoms with Gasteiger partial charge in [0.25, 0.3) is 0 Å². The van der Waals surface area contributed by atoms with Gasteiger partial charge in [0.05, 0.1) is 23.9 Å². The number of ketones is 1. The Kier molecular flexibility index (Phi) is 5.51. The minimum Gasteiger partial charge on any atom is -0.374 e. The van der Waals surface area contributed by atoms with Gasteiger partial charge >= 0.3 is 0 Å². The minimum atomic E-state index is -0.0883. The first-order valence-corrected chi connectivity index (χ1v) is 8.87. The number of carbonyl (C=O) groups excluding carboxylic acids is 2. The summed E-state index contributed by atoms with van der Waals surface area (Å²) in [5, 5.41) is 8.58. The fourth-order valence-corrected chi connectivity index (χ4v) is 3.44. The van der Waals surface area contributed by atoms with E-state index in [0.29, 0.717) is 37.5 Å². The summed E-state index contributed by atoms with van der Waals surface area (Å²) in [5.41, 5.74) is 2.01. The Bertz CT molecular complexity index is 781. The lowest BCUT2D eigenvalue weighted by Gasteiger charge is -2.24. The molecule has 0 saturated carbocycles. The Morgan fingerprint density at radius 1 is 1.35 bits per heavy atom. The van der Waals surface area contributed by atoms with Crippen molar-refractivity contribution >= 4 is 11.7 Å². The van der Waals surface area contributed by atoms with Crippen LogP contribution in [0.5, 0.6) is 0 Å². The SMILES string of the molecule is CC(=O)c1c(C)nn(CC(=O)N2CCCOC(Cn3cccn3)C2)c1C. The van der Waals surface area contributed by atoms with Crippen molar-refractivity contribution in [3.05, 3.63) is 35.4 Å². The van der Waals surface area contributed by atoms with Gasteiger partial charge in [0.1, 0.15) is 6.54 Å². The molecule has 0 aliphatic carbocycles. The molecule has 1 atom stereocenters. The zero-order chi connectivity index (χ0) is 18.7. The van der Waals surface area contributed by atoms with Crippen LogP contribution in [0.15, 0.2) is 18.5 Å². The number of amides is 1. The predicted molar refractivity (Wildman–Crippen MR) is 94.9 cm³/mol. The summed E-state index contributed by atoms with van der Waals surface area (Å²) in [5.74, 6) is -0.0391. The zero-order valence-electron chi connectivity index (χ0n) is 15.5. The molecule has 1 aliphatic rings. The molecule has 0 aromatic carbocycles. The molecule has 1 saturated heterocycles. The fourth-order valence-electron chi connectivity index (χ4n) is 3.44. The molecular weight excluding hydrogens is 334 g/mol. The highest BCUT2D eigenvalue weighted by atomic mass is 16.5. The van der Waals surface area contributed by atoms with Crippen LogP contribution in [-0.2, 0) is 22.6 Å². The highest BCUT2D eigenvalue weighted by molar-refractivity contribution is 5.96. The maximum atomic E-state index is 12.8. The van der Waals surface area contributed by atoms with Gasteiger partial charge < -0.3 is 9.64 Å². The van der Waals surface area contributed by atoms with E-state index in [0.717, 1.165) is 12.1 Å². The van der Waals surface area contributed by atoms with Gasteiger partial charge in [-0.15, -0.1) is 0 Å². The van der Waals surface area contributed by atoms with Crippen molar-refractivity contribution in [2.45, 2.75) is 46.4 Å². The topological polar surface area (TPSA) is 82.3 Å². The molecule has 0 N–H and O–H groups in total. The third kappa shape index (κ3) is 4.01. The molecule has 1 aliphatic heterocycles. The Balaban J connectivity index is 1.68. The molecule has 0 spiro atoms. The molecular formula is C18H25N5O3. The number of rotatable bonds is 5. The van der Waals surface area contributed by atoms with Gasteiger partial charge in [-0.2, -0.15) is 10.2 Å². The number of nitrogens with zero attached hydrogens (tertiary/aromatic N) is 5. The maximum Gasteiger partial charge on any atom is 0.244 e. The Morgan fingerprint density at radius 2 is 2.15 bits per heavy atom. The van der Waals surface area contributed by atoms with Gasteiger partial charge in [0, 0.05) is 37.8 Å². The van der Waals surface area contributed by atoms with Gasteiger partial charge in [-0.1, -0.05) is 0 Å². The lowest BCUT2D eigenvalue weighted by atomic mass is 10.1. The predicted octanol–water partition coefficient (Wildman–Crippen LogP) is 1.22. The largest absolute Gasteiger partial charge is 0.374 e. The number of Topliss-reactive ketones (excluding diaryl/α,β-unsaturated/α-hetero) is 1. The average molecular weight is 359 g/mol. The van der Waals surface area contributed by atoms with E-state index in [9.17, 15) is 9.59 Å². The van der Waals surface area contributed by atoms with E-state index in [4.69, 9.17) is 4.74 Å². The minimum absolute atomic E-state index is 0.0123. The number of carbonyl (C=O) groups is 2. The van der Waals surface area contributed by atoms with E-state index in [1.807, 2.05) is 28.8 Å². The second-order valence-electron chi connectivity index (χ2n) is 6.67. The van der Waals surface area contributed by atoms with Gasteiger partial charge in [-0.25, -0.2) is 0 Å². The van der Waals surface area contributed by atoms with Crippen LogP contribution >= 0.6 is 0 Å². The van der Waals surface area contributed by atoms with Crippen molar-refractivity contribution in [3.8, 4) is 0 Å². The summed E-state index contributed by atoms with van der Waals surface area (Å²) < 4.78 is 9.31. The van der Waals surface area contributed by atoms with E-state index >= 15 is 0 Å². The van der Waals surface area contributed by atoms with Crippen LogP contribution in [0.25, 0.3) is 0 Å². The number of hydrogen-bond donors (Lipinski definition) is 0. The van der Waals surface area contributed by atoms with Crippen LogP contribution in [0, 0.1) is 13.8 Å². The van der Waals surface area contributed by atoms with E-state index in [2.05, 4.69) is 10.2 Å². The number of aromatic nitrogens is 4. The molecule has 26 heavy (non-hydrogen) atoms. The molecule has 3 heterocycles. The highest BCUT2D eigenvalue weighted by Gasteiger charge is 2.25. The smallest absolute Gasteiger partial charge is 0.244 e. The van der Waals surface area contributed by atoms with Gasteiger partial charge in [0.15, 0.2) is 5.78 Å². The van der Waals surface area contributed by atoms with E-state index in [1.165, 1.54) is 6.92 Å². The van der Waals surface area contributed by atoms with E-state index < -0.39 is 0 Å². The number of hydrogen-bond acceptors (Lipinski definition) is 5. The maximum absolute atomic E-state index is 12.8. The van der Waals surface area contributed by atoms with Crippen LogP contribution in [0.2, 0.25) is 0 Å². The number of ether oxygens (including phenoxy) is 1. The molecule has 3 rings (SSSR count). The molecule has 2 aromatic heterocycles. The molecule has 140 valence electrons. The van der Waals surface area contributed by atoms with Crippen molar-refractivity contribution in [1.82, 2.24) is 24.5 Å². The summed E-state index contributed by atoms with van der Waals surface area (Å²) in [4.78, 5) is 26.4. The van der Waals surface area contributed by atoms with E-state index in [-0.39, 0.29) is 24.3 Å². The van der Waals surface area contributed by atoms with Crippen molar-refractivity contribution in [2.75, 3.05) is 19.7 Å². The van der Waals surface area contributed by atoms with Crippen LogP contribution in [0.4, 0.5) is 0 Å². The molecule has 8 nitrogen and oxygen atoms in total. The number of aryl methyl sites for hydroxylation is 1. The third-order valence-corrected chi connectivity index (χ3v) is 4.67. The van der Waals surface area contributed by atoms with Crippen LogP contribution in [0.3, 0.4) is 0 Å². The normalized spacial score (nSPS) is 18.0. The van der Waals surface area contributed by atoms with Gasteiger partial charge in [-0.05, 0) is 33.3 Å². The second-order valence-corrected chi connectivity index (χ2v) is 6.67. The van der Waals surface area contributed by atoms with Crippen molar-refractivity contribution in [3.63, 3.8) is 0 Å². The highest BCUT2D eigenvalue weighted by Crippen LogP contribution is 2.15. The Hall–Kier alpha value is -2.48. The van der Waals surface area contributed by atoms with Gasteiger partial charge in [-0.3, -0.25) is 19.0 Å². The monoisotopic (exact) mass is 359 g/mol. The van der Waals surface area contributed by atoms with Crippen LogP contribution in [0.1, 0.15) is 35.1 Å². The van der Waals surface area contributed by atoms with Crippen LogP contribution in [-0.4, -0.2) is 62.0 Å². The molecule has 2 aromatic rings. The lowest BCUT2D eigenvalue weighted by molar-refractivity contribution is -0.133. The van der Waals surface area contributed by atoms with Crippen molar-refractivity contribution in [2.24, 2.45) is 0 Å². The summed E-state index contributed by atoms with van der Waals surface area (Å²) in [6.45, 7) is 7.71. The van der Waals surface area contributed by atoms with E-state index in [1.54, 1.807) is 17.8 Å². The molecule has 1 unspecified atom stereocenters. The standard InChI is InChI=1S/C18H25N5O3/c1-13-18(15(3)24)14(2)23(20-13)12-17(25)21-7-5-9-26-16(10-21)11-22-8-4-6-19-22/h4,6,8,16H,5,7,9-12H2,1-3H3. The summed E-state index contributed by atoms with van der Waals surface area (Å²) in [7, 11) is 0. The molecule has 0 bridgehead atoms. The quantitative estimate of drug-likeness (QED) is 0.750. The van der Waals surface area contributed by atoms with Crippen LogP contribution < -0.4 is 0 Å². The first-order chi connectivity index (χ1) is 12.5. The first kappa shape index (κ1) is 18.3. The molecule has 1 fully saturated rings. The summed E-state index contributed by atoms with van der Waals surface area (Å²) >= 11 is 0. The Morgan fingerprint density at radius 3 is 2.81 bits per heavy atom. The van der Waals surface area contributed by atoms with Crippen molar-refractivity contribution < 1.29 is 14.3 Å². The summed E-state index contributed by atoms with van der Waals surface area (Å²) in [6.07, 6.45) is 4.33. The molecule has 8 heteroatoms. The third-order valence-electron chi connectivity index (χ3n) is 4.67. The fraction of sp³-hybridized carbons (Fsp3) is 0.556. The Labute approximate surface area is 152 Å². The first-order valence-electron chi connectivity index (χ1n) is 8.87. The average Bonchev–Trinajstić information content (AvgIpc) is 3.09. The van der Waals surface area contributed by atoms with Crippen molar-refractivity contribution in [1.29, 1.82) is 0 Å². The zero-order valence-corrected chi connectivity index (χ0v) is 15.5. The molecule has 0 radical (unpaired) electrons.